The highest BCUT2D eigenvalue weighted by molar-refractivity contribution is 7.56. The van der Waals surface area contributed by atoms with E-state index in [1.54, 1.807) is 19.9 Å². The third kappa shape index (κ3) is 7.85. The molecule has 238 valence electrons. The molecular weight excluding hydrogens is 547 g/mol. The van der Waals surface area contributed by atoms with E-state index in [1.807, 2.05) is 19.9 Å². The SMILES string of the molecule is C=C1/C(=C\C=C2/CCC[C@@]3(C)C2CC[C@@H]3[C@H](C)/C=C/C(=O)C(C)(C)P(=O)(OCCCC)OCCCC)C[C@@H](O)C[C@@H]1O. The van der Waals surface area contributed by atoms with Crippen LogP contribution in [0.2, 0.25) is 0 Å². The number of carbonyl (C=O) groups excluding carboxylic acids is 1. The predicted octanol–water partition coefficient (Wildman–Crippen LogP) is 8.49. The van der Waals surface area contributed by atoms with E-state index >= 15 is 0 Å². The molecule has 6 atom stereocenters. The summed E-state index contributed by atoms with van der Waals surface area (Å²) in [7, 11) is -3.65. The minimum absolute atomic E-state index is 0.134. The van der Waals surface area contributed by atoms with Gasteiger partial charge in [-0.3, -0.25) is 9.36 Å². The number of carbonyl (C=O) groups is 1. The monoisotopic (exact) mass is 604 g/mol. The zero-order chi connectivity index (χ0) is 31.1. The fourth-order valence-electron chi connectivity index (χ4n) is 7.34. The summed E-state index contributed by atoms with van der Waals surface area (Å²) in [4.78, 5) is 13.5. The second-order valence-electron chi connectivity index (χ2n) is 13.7. The maximum absolute atomic E-state index is 13.9. The van der Waals surface area contributed by atoms with E-state index in [0.29, 0.717) is 37.9 Å². The van der Waals surface area contributed by atoms with Crippen LogP contribution >= 0.6 is 7.60 Å². The second-order valence-corrected chi connectivity index (χ2v) is 16.3. The van der Waals surface area contributed by atoms with Crippen LogP contribution in [-0.2, 0) is 18.4 Å². The van der Waals surface area contributed by atoms with Crippen LogP contribution in [0.15, 0.2) is 47.6 Å². The summed E-state index contributed by atoms with van der Waals surface area (Å²) in [5, 5.41) is 19.1. The Morgan fingerprint density at radius 2 is 1.79 bits per heavy atom. The van der Waals surface area contributed by atoms with Crippen molar-refractivity contribution in [2.24, 2.45) is 23.2 Å². The number of aliphatic hydroxyl groups is 2. The van der Waals surface area contributed by atoms with Crippen molar-refractivity contribution in [2.45, 2.75) is 130 Å². The van der Waals surface area contributed by atoms with Crippen molar-refractivity contribution < 1.29 is 28.6 Å². The summed E-state index contributed by atoms with van der Waals surface area (Å²) in [6.07, 6.45) is 16.6. The smallest absolute Gasteiger partial charge is 0.343 e. The standard InChI is InChI=1S/C35H57O6P/c1-8-10-21-40-42(39,41-22-11-9-2)34(5,6)33(38)19-14-25(3)30-17-18-31-27(13-12-20-35(30,31)7)15-16-28-23-29(36)24-32(37)26(28)4/h14-16,19,25,29-32,36-37H,4,8-13,17-18,20-24H2,1-3,5-7H3/b19-14+,27-15+,28-16-/t25-,29-,30-,31?,32+,35-/m1/s1. The molecule has 42 heavy (non-hydrogen) atoms. The first-order chi connectivity index (χ1) is 19.8. The van der Waals surface area contributed by atoms with Crippen molar-refractivity contribution in [1.82, 2.24) is 0 Å². The first-order valence-electron chi connectivity index (χ1n) is 16.4. The fourth-order valence-corrected chi connectivity index (χ4v) is 9.14. The van der Waals surface area contributed by atoms with Crippen molar-refractivity contribution in [1.29, 1.82) is 0 Å². The van der Waals surface area contributed by atoms with Gasteiger partial charge >= 0.3 is 7.60 Å². The van der Waals surface area contributed by atoms with Crippen molar-refractivity contribution in [3.05, 3.63) is 47.6 Å². The van der Waals surface area contributed by atoms with Crippen molar-refractivity contribution in [3.63, 3.8) is 0 Å². The van der Waals surface area contributed by atoms with Crippen LogP contribution in [0.25, 0.3) is 0 Å². The number of hydrogen-bond acceptors (Lipinski definition) is 6. The van der Waals surface area contributed by atoms with Crippen LogP contribution in [0.5, 0.6) is 0 Å². The number of aliphatic hydroxyl groups excluding tert-OH is 2. The molecule has 3 aliphatic rings. The van der Waals surface area contributed by atoms with Crippen LogP contribution in [0.1, 0.15) is 112 Å². The van der Waals surface area contributed by atoms with E-state index in [2.05, 4.69) is 32.6 Å². The number of ketones is 1. The highest BCUT2D eigenvalue weighted by Gasteiger charge is 2.51. The molecule has 3 rings (SSSR count). The summed E-state index contributed by atoms with van der Waals surface area (Å²) in [5.41, 5.74) is 3.25. The van der Waals surface area contributed by atoms with Crippen LogP contribution in [0, 0.1) is 23.2 Å². The average molecular weight is 605 g/mol. The summed E-state index contributed by atoms with van der Waals surface area (Å²) >= 11 is 0. The van der Waals surface area contributed by atoms with Crippen molar-refractivity contribution >= 4 is 13.4 Å². The molecule has 0 aromatic rings. The van der Waals surface area contributed by atoms with Crippen molar-refractivity contribution in [3.8, 4) is 0 Å². The van der Waals surface area contributed by atoms with E-state index in [1.165, 1.54) is 5.57 Å². The quantitative estimate of drug-likeness (QED) is 0.117. The summed E-state index contributed by atoms with van der Waals surface area (Å²) in [5.74, 6) is 0.898. The predicted molar refractivity (Wildman–Crippen MR) is 171 cm³/mol. The lowest BCUT2D eigenvalue weighted by Crippen LogP contribution is -2.36. The first kappa shape index (κ1) is 35.2. The van der Waals surface area contributed by atoms with Gasteiger partial charge in [-0.2, -0.15) is 0 Å². The number of hydrogen-bond donors (Lipinski definition) is 2. The number of allylic oxidation sites excluding steroid dienone is 5. The Bertz CT molecular complexity index is 1070. The van der Waals surface area contributed by atoms with Gasteiger partial charge in [-0.1, -0.05) is 70.9 Å². The zero-order valence-corrected chi connectivity index (χ0v) is 28.0. The Hall–Kier alpha value is -1.30. The Labute approximate surface area is 255 Å². The molecule has 0 amide bonds. The molecule has 3 fully saturated rings. The Morgan fingerprint density at radius 3 is 2.40 bits per heavy atom. The molecule has 6 nitrogen and oxygen atoms in total. The molecule has 0 bridgehead atoms. The lowest BCUT2D eigenvalue weighted by atomic mass is 9.61. The summed E-state index contributed by atoms with van der Waals surface area (Å²) in [6.45, 7) is 16.8. The molecule has 7 heteroatoms. The maximum atomic E-state index is 13.9. The molecular formula is C35H57O6P. The molecule has 2 N–H and O–H groups in total. The Kier molecular flexibility index (Phi) is 12.7. The second kappa shape index (κ2) is 15.1. The molecule has 3 aliphatic carbocycles. The highest BCUT2D eigenvalue weighted by Crippen LogP contribution is 2.61. The molecule has 0 heterocycles. The minimum atomic E-state index is -3.65. The number of fused-ring (bicyclic) bond motifs is 1. The zero-order valence-electron chi connectivity index (χ0n) is 27.1. The molecule has 3 saturated carbocycles. The van der Waals surface area contributed by atoms with Gasteiger partial charge in [0.05, 0.1) is 25.4 Å². The van der Waals surface area contributed by atoms with Gasteiger partial charge in [0.1, 0.15) is 5.16 Å². The molecule has 0 aromatic heterocycles. The van der Waals surface area contributed by atoms with E-state index in [9.17, 15) is 19.6 Å². The van der Waals surface area contributed by atoms with Gasteiger partial charge in [-0.05, 0) is 106 Å². The number of rotatable bonds is 14. The van der Waals surface area contributed by atoms with Gasteiger partial charge in [0, 0.05) is 6.42 Å². The molecule has 0 saturated heterocycles. The topological polar surface area (TPSA) is 93.1 Å². The lowest BCUT2D eigenvalue weighted by molar-refractivity contribution is -0.116. The van der Waals surface area contributed by atoms with Gasteiger partial charge < -0.3 is 19.3 Å². The van der Waals surface area contributed by atoms with Crippen LogP contribution in [-0.4, -0.2) is 46.6 Å². The molecule has 0 spiro atoms. The Morgan fingerprint density at radius 1 is 1.14 bits per heavy atom. The van der Waals surface area contributed by atoms with E-state index < -0.39 is 25.0 Å². The van der Waals surface area contributed by atoms with Crippen molar-refractivity contribution in [2.75, 3.05) is 13.2 Å². The van der Waals surface area contributed by atoms with Crippen LogP contribution < -0.4 is 0 Å². The van der Waals surface area contributed by atoms with Gasteiger partial charge in [0.15, 0.2) is 5.78 Å². The maximum Gasteiger partial charge on any atom is 0.343 e. The van der Waals surface area contributed by atoms with E-state index in [-0.39, 0.29) is 17.1 Å². The molecule has 0 aliphatic heterocycles. The average Bonchev–Trinajstić information content (AvgIpc) is 3.30. The fraction of sp³-hybridized carbons (Fsp3) is 0.743. The van der Waals surface area contributed by atoms with E-state index in [4.69, 9.17) is 9.05 Å². The van der Waals surface area contributed by atoms with Gasteiger partial charge in [0.25, 0.3) is 0 Å². The molecule has 0 radical (unpaired) electrons. The lowest BCUT2D eigenvalue weighted by Gasteiger charge is -2.44. The molecule has 0 aromatic carbocycles. The number of unbranched alkanes of at least 4 members (excludes halogenated alkanes) is 2. The summed E-state index contributed by atoms with van der Waals surface area (Å²) < 4.78 is 25.5. The molecule has 1 unspecified atom stereocenters. The van der Waals surface area contributed by atoms with Crippen LogP contribution in [0.3, 0.4) is 0 Å². The third-order valence-electron chi connectivity index (χ3n) is 10.3. The first-order valence-corrected chi connectivity index (χ1v) is 17.9. The van der Waals surface area contributed by atoms with Crippen LogP contribution in [0.4, 0.5) is 0 Å². The third-order valence-corrected chi connectivity index (χ3v) is 12.9. The van der Waals surface area contributed by atoms with E-state index in [0.717, 1.165) is 68.9 Å². The summed E-state index contributed by atoms with van der Waals surface area (Å²) in [6, 6.07) is 0. The largest absolute Gasteiger partial charge is 0.393 e. The van der Waals surface area contributed by atoms with Gasteiger partial charge in [-0.15, -0.1) is 0 Å². The normalized spacial score (nSPS) is 31.7. The van der Waals surface area contributed by atoms with Gasteiger partial charge in [0.2, 0.25) is 0 Å². The minimum Gasteiger partial charge on any atom is -0.393 e. The van der Waals surface area contributed by atoms with Gasteiger partial charge in [-0.25, -0.2) is 0 Å². The highest BCUT2D eigenvalue weighted by atomic mass is 31.2. The Balaban J connectivity index is 1.74.